The zero-order valence-electron chi connectivity index (χ0n) is 16.9. The lowest BCUT2D eigenvalue weighted by molar-refractivity contribution is -0.137. The number of carbonyl (C=O) groups excluding carboxylic acids is 1. The third-order valence-corrected chi connectivity index (χ3v) is 5.68. The van der Waals surface area contributed by atoms with Crippen LogP contribution in [0.25, 0.3) is 22.4 Å². The van der Waals surface area contributed by atoms with Crippen LogP contribution in [0.2, 0.25) is 0 Å². The van der Waals surface area contributed by atoms with Crippen LogP contribution in [0, 0.1) is 12.8 Å². The van der Waals surface area contributed by atoms with E-state index in [2.05, 4.69) is 10.1 Å². The van der Waals surface area contributed by atoms with Gasteiger partial charge in [0.15, 0.2) is 0 Å². The van der Waals surface area contributed by atoms with Crippen LogP contribution in [0.4, 0.5) is 13.2 Å². The maximum absolute atomic E-state index is 13.4. The SMILES string of the molecule is Cc1noc2nc(-c3cccc(C(F)(F)F)c3)cc(C(=O)N3CCCC(CCO)C3)c12. The smallest absolute Gasteiger partial charge is 0.396 e. The Hall–Kier alpha value is -2.94. The van der Waals surface area contributed by atoms with Crippen LogP contribution in [0.1, 0.15) is 40.9 Å². The molecule has 1 aliphatic heterocycles. The lowest BCUT2D eigenvalue weighted by Crippen LogP contribution is -2.40. The number of likely N-dealkylation sites (tertiary alicyclic amines) is 1. The first-order chi connectivity index (χ1) is 14.8. The average Bonchev–Trinajstić information content (AvgIpc) is 3.13. The number of rotatable bonds is 4. The van der Waals surface area contributed by atoms with E-state index in [1.807, 2.05) is 0 Å². The molecule has 0 bridgehead atoms. The molecule has 1 unspecified atom stereocenters. The molecule has 6 nitrogen and oxygen atoms in total. The number of benzene rings is 1. The number of halogens is 3. The second kappa shape index (κ2) is 8.30. The first-order valence-corrected chi connectivity index (χ1v) is 10.1. The quantitative estimate of drug-likeness (QED) is 0.658. The molecule has 1 fully saturated rings. The van der Waals surface area contributed by atoms with E-state index in [9.17, 15) is 23.1 Å². The van der Waals surface area contributed by atoms with E-state index in [0.717, 1.165) is 25.0 Å². The fourth-order valence-electron chi connectivity index (χ4n) is 4.10. The summed E-state index contributed by atoms with van der Waals surface area (Å²) in [4.78, 5) is 19.5. The van der Waals surface area contributed by atoms with Crippen LogP contribution < -0.4 is 0 Å². The van der Waals surface area contributed by atoms with Gasteiger partial charge >= 0.3 is 6.18 Å². The van der Waals surface area contributed by atoms with E-state index in [1.165, 1.54) is 18.2 Å². The van der Waals surface area contributed by atoms with Gasteiger partial charge in [0.1, 0.15) is 0 Å². The highest BCUT2D eigenvalue weighted by atomic mass is 19.4. The molecular formula is C22H22F3N3O3. The molecule has 0 radical (unpaired) electrons. The minimum Gasteiger partial charge on any atom is -0.396 e. The number of hydrogen-bond donors (Lipinski definition) is 1. The summed E-state index contributed by atoms with van der Waals surface area (Å²) in [7, 11) is 0. The molecule has 31 heavy (non-hydrogen) atoms. The topological polar surface area (TPSA) is 79.5 Å². The van der Waals surface area contributed by atoms with Crippen molar-refractivity contribution in [3.63, 3.8) is 0 Å². The summed E-state index contributed by atoms with van der Waals surface area (Å²) in [6, 6.07) is 6.33. The standard InChI is InChI=1S/C22H22F3N3O3/c1-13-19-17(21(30)28-8-3-4-14(12-28)7-9-29)11-18(26-20(19)31-27-13)15-5-2-6-16(10-15)22(23,24)25/h2,5-6,10-11,14,29H,3-4,7-9,12H2,1H3. The van der Waals surface area contributed by atoms with Gasteiger partial charge in [-0.1, -0.05) is 17.3 Å². The van der Waals surface area contributed by atoms with Crippen molar-refractivity contribution in [3.8, 4) is 11.3 Å². The minimum absolute atomic E-state index is 0.0661. The highest BCUT2D eigenvalue weighted by Crippen LogP contribution is 2.34. The largest absolute Gasteiger partial charge is 0.416 e. The lowest BCUT2D eigenvalue weighted by atomic mass is 9.94. The first kappa shape index (κ1) is 21.3. The fraction of sp³-hybridized carbons (Fsp3) is 0.409. The highest BCUT2D eigenvalue weighted by Gasteiger charge is 2.31. The van der Waals surface area contributed by atoms with Crippen molar-refractivity contribution in [1.29, 1.82) is 0 Å². The summed E-state index contributed by atoms with van der Waals surface area (Å²) in [6.45, 7) is 2.86. The van der Waals surface area contributed by atoms with E-state index >= 15 is 0 Å². The average molecular weight is 433 g/mol. The van der Waals surface area contributed by atoms with Crippen LogP contribution in [0.5, 0.6) is 0 Å². The lowest BCUT2D eigenvalue weighted by Gasteiger charge is -2.32. The van der Waals surface area contributed by atoms with E-state index < -0.39 is 11.7 Å². The molecular weight excluding hydrogens is 411 g/mol. The number of pyridine rings is 1. The minimum atomic E-state index is -4.49. The third kappa shape index (κ3) is 4.27. The molecule has 1 atom stereocenters. The number of hydrogen-bond acceptors (Lipinski definition) is 5. The van der Waals surface area contributed by atoms with Crippen molar-refractivity contribution < 1.29 is 27.6 Å². The van der Waals surface area contributed by atoms with Gasteiger partial charge < -0.3 is 14.5 Å². The molecule has 164 valence electrons. The molecule has 3 aromatic rings. The van der Waals surface area contributed by atoms with E-state index in [0.29, 0.717) is 36.2 Å². The Morgan fingerprint density at radius 2 is 2.13 bits per heavy atom. The number of piperidine rings is 1. The highest BCUT2D eigenvalue weighted by molar-refractivity contribution is 6.07. The van der Waals surface area contributed by atoms with Crippen LogP contribution in [0.15, 0.2) is 34.9 Å². The van der Waals surface area contributed by atoms with Crippen molar-refractivity contribution in [2.45, 2.75) is 32.4 Å². The second-order valence-electron chi connectivity index (χ2n) is 7.85. The maximum Gasteiger partial charge on any atom is 0.416 e. The van der Waals surface area contributed by atoms with E-state index in [1.54, 1.807) is 11.8 Å². The molecule has 0 spiro atoms. The normalized spacial score (nSPS) is 17.3. The number of aryl methyl sites for hydroxylation is 1. The molecule has 1 N–H and O–H groups in total. The Labute approximate surface area is 176 Å². The van der Waals surface area contributed by atoms with Crippen molar-refractivity contribution in [1.82, 2.24) is 15.0 Å². The summed E-state index contributed by atoms with van der Waals surface area (Å²) < 4.78 is 44.7. The second-order valence-corrected chi connectivity index (χ2v) is 7.85. The molecule has 1 amide bonds. The monoisotopic (exact) mass is 433 g/mol. The van der Waals surface area contributed by atoms with Gasteiger partial charge in [-0.2, -0.15) is 13.2 Å². The van der Waals surface area contributed by atoms with Crippen LogP contribution in [-0.2, 0) is 6.18 Å². The zero-order chi connectivity index (χ0) is 22.2. The summed E-state index contributed by atoms with van der Waals surface area (Å²) in [6.07, 6.45) is -2.10. The molecule has 3 heterocycles. The Bertz CT molecular complexity index is 1110. The van der Waals surface area contributed by atoms with Crippen LogP contribution >= 0.6 is 0 Å². The van der Waals surface area contributed by atoms with Crippen molar-refractivity contribution in [3.05, 3.63) is 47.2 Å². The Balaban J connectivity index is 1.77. The number of amides is 1. The molecule has 1 saturated heterocycles. The van der Waals surface area contributed by atoms with Gasteiger partial charge in [0.25, 0.3) is 11.6 Å². The Morgan fingerprint density at radius 1 is 1.32 bits per heavy atom. The van der Waals surface area contributed by atoms with Gasteiger partial charge in [0.05, 0.1) is 27.9 Å². The van der Waals surface area contributed by atoms with Gasteiger partial charge in [-0.3, -0.25) is 4.79 Å². The molecule has 2 aromatic heterocycles. The number of fused-ring (bicyclic) bond motifs is 1. The van der Waals surface area contributed by atoms with Crippen molar-refractivity contribution in [2.24, 2.45) is 5.92 Å². The number of alkyl halides is 3. The molecule has 9 heteroatoms. The van der Waals surface area contributed by atoms with Gasteiger partial charge in [-0.05, 0) is 50.3 Å². The maximum atomic E-state index is 13.4. The molecule has 0 aliphatic carbocycles. The van der Waals surface area contributed by atoms with E-state index in [4.69, 9.17) is 4.52 Å². The molecule has 4 rings (SSSR count). The fourth-order valence-corrected chi connectivity index (χ4v) is 4.10. The number of aromatic nitrogens is 2. The number of aliphatic hydroxyl groups is 1. The Morgan fingerprint density at radius 3 is 2.87 bits per heavy atom. The van der Waals surface area contributed by atoms with Gasteiger partial charge in [-0.15, -0.1) is 0 Å². The van der Waals surface area contributed by atoms with Gasteiger partial charge in [0, 0.05) is 25.3 Å². The third-order valence-electron chi connectivity index (χ3n) is 5.68. The van der Waals surface area contributed by atoms with Crippen molar-refractivity contribution >= 4 is 17.0 Å². The summed E-state index contributed by atoms with van der Waals surface area (Å²) in [5.41, 5.74) is 0.556. The summed E-state index contributed by atoms with van der Waals surface area (Å²) >= 11 is 0. The summed E-state index contributed by atoms with van der Waals surface area (Å²) in [5, 5.41) is 13.6. The zero-order valence-corrected chi connectivity index (χ0v) is 16.9. The number of aliphatic hydroxyl groups excluding tert-OH is 1. The number of nitrogens with zero attached hydrogens (tertiary/aromatic N) is 3. The van der Waals surface area contributed by atoms with Crippen LogP contribution in [0.3, 0.4) is 0 Å². The first-order valence-electron chi connectivity index (χ1n) is 10.1. The predicted octanol–water partition coefficient (Wildman–Crippen LogP) is 4.45. The van der Waals surface area contributed by atoms with Crippen molar-refractivity contribution in [2.75, 3.05) is 19.7 Å². The molecule has 1 aromatic carbocycles. The Kier molecular flexibility index (Phi) is 5.70. The van der Waals surface area contributed by atoms with Crippen LogP contribution in [-0.4, -0.2) is 45.8 Å². The van der Waals surface area contributed by atoms with Gasteiger partial charge in [0.2, 0.25) is 0 Å². The molecule has 1 aliphatic rings. The van der Waals surface area contributed by atoms with Gasteiger partial charge in [-0.25, -0.2) is 4.98 Å². The number of carbonyl (C=O) groups is 1. The summed E-state index contributed by atoms with van der Waals surface area (Å²) in [5.74, 6) is -0.0268. The predicted molar refractivity (Wildman–Crippen MR) is 107 cm³/mol. The molecule has 0 saturated carbocycles. The van der Waals surface area contributed by atoms with E-state index in [-0.39, 0.29) is 35.4 Å².